The monoisotopic (exact) mass is 510 g/mol. The number of nitrogen functional groups attached to an aromatic ring is 1. The fraction of sp³-hybridized carbons (Fsp3) is 0.292. The minimum Gasteiger partial charge on any atom is -0.384 e. The minimum atomic E-state index is -0.222. The second-order valence-electron chi connectivity index (χ2n) is 7.70. The smallest absolute Gasteiger partial charge is 0.319 e. The summed E-state index contributed by atoms with van der Waals surface area (Å²) in [6.07, 6.45) is 2.38. The second kappa shape index (κ2) is 10.6. The standard InChI is InChI=1S/C24H27BrN6O2/c1-33-15-12-20-30-21-22(16-8-2-4-10-18(16)28-23(21)26)31(20)14-7-6-13-27-24(32)29-19-11-5-3-9-17(19)25/h2-5,8-11H,6-7,12-15H2,1H3,(H2,26,28)(H2,27,29,32). The maximum absolute atomic E-state index is 12.2. The lowest BCUT2D eigenvalue weighted by Gasteiger charge is -2.12. The number of methoxy groups -OCH3 is 1. The van der Waals surface area contributed by atoms with Gasteiger partial charge in [0.1, 0.15) is 11.3 Å². The first-order valence-electron chi connectivity index (χ1n) is 10.9. The maximum atomic E-state index is 12.2. The van der Waals surface area contributed by atoms with E-state index in [1.807, 2.05) is 42.5 Å². The van der Waals surface area contributed by atoms with Crippen molar-refractivity contribution >= 4 is 55.4 Å². The van der Waals surface area contributed by atoms with E-state index < -0.39 is 0 Å². The lowest BCUT2D eigenvalue weighted by molar-refractivity contribution is 0.199. The highest BCUT2D eigenvalue weighted by Gasteiger charge is 2.17. The van der Waals surface area contributed by atoms with Crippen LogP contribution in [0.5, 0.6) is 0 Å². The SMILES string of the molecule is COCCc1nc2c(N)nc3ccccc3c2n1CCCCNC(=O)Nc1ccccc1Br. The fourth-order valence-electron chi connectivity index (χ4n) is 3.86. The molecule has 8 nitrogen and oxygen atoms in total. The summed E-state index contributed by atoms with van der Waals surface area (Å²) < 4.78 is 8.35. The van der Waals surface area contributed by atoms with Crippen molar-refractivity contribution in [2.75, 3.05) is 31.3 Å². The number of halogens is 1. The van der Waals surface area contributed by atoms with Crippen molar-refractivity contribution in [1.29, 1.82) is 0 Å². The van der Waals surface area contributed by atoms with E-state index in [0.29, 0.717) is 25.4 Å². The third-order valence-electron chi connectivity index (χ3n) is 5.44. The van der Waals surface area contributed by atoms with Crippen LogP contribution in [0.25, 0.3) is 21.9 Å². The lowest BCUT2D eigenvalue weighted by atomic mass is 10.2. The first kappa shape index (κ1) is 23.0. The number of nitrogens with zero attached hydrogens (tertiary/aromatic N) is 3. The molecule has 0 saturated heterocycles. The highest BCUT2D eigenvalue weighted by Crippen LogP contribution is 2.29. The number of aryl methyl sites for hydroxylation is 1. The largest absolute Gasteiger partial charge is 0.384 e. The van der Waals surface area contributed by atoms with Crippen molar-refractivity contribution in [3.05, 3.63) is 58.8 Å². The van der Waals surface area contributed by atoms with Crippen molar-refractivity contribution < 1.29 is 9.53 Å². The zero-order valence-corrected chi connectivity index (χ0v) is 20.1. The number of hydrogen-bond acceptors (Lipinski definition) is 5. The lowest BCUT2D eigenvalue weighted by Crippen LogP contribution is -2.29. The molecule has 0 unspecified atom stereocenters. The molecular formula is C24H27BrN6O2. The number of carbonyl (C=O) groups excluding carboxylic acids is 1. The number of urea groups is 1. The van der Waals surface area contributed by atoms with E-state index in [4.69, 9.17) is 15.5 Å². The van der Waals surface area contributed by atoms with E-state index in [9.17, 15) is 4.79 Å². The van der Waals surface area contributed by atoms with Crippen LogP contribution in [0, 0.1) is 0 Å². The molecule has 2 heterocycles. The average molecular weight is 511 g/mol. The average Bonchev–Trinajstić information content (AvgIpc) is 3.18. The molecule has 2 aromatic heterocycles. The molecule has 0 spiro atoms. The molecule has 0 aliphatic rings. The summed E-state index contributed by atoms with van der Waals surface area (Å²) in [6, 6.07) is 15.3. The molecule has 2 aromatic carbocycles. The van der Waals surface area contributed by atoms with Crippen LogP contribution in [0.3, 0.4) is 0 Å². The number of ether oxygens (including phenoxy) is 1. The number of anilines is 2. The van der Waals surface area contributed by atoms with Gasteiger partial charge in [0, 0.05) is 36.5 Å². The van der Waals surface area contributed by atoms with Gasteiger partial charge in [-0.25, -0.2) is 14.8 Å². The number of nitrogens with two attached hydrogens (primary N) is 1. The first-order valence-corrected chi connectivity index (χ1v) is 11.7. The summed E-state index contributed by atoms with van der Waals surface area (Å²) >= 11 is 3.43. The number of amides is 2. The Hall–Kier alpha value is -3.17. The van der Waals surface area contributed by atoms with Crippen LogP contribution in [0.4, 0.5) is 16.3 Å². The van der Waals surface area contributed by atoms with Crippen LogP contribution in [0.2, 0.25) is 0 Å². The minimum absolute atomic E-state index is 0.222. The Morgan fingerprint density at radius 1 is 1.12 bits per heavy atom. The van der Waals surface area contributed by atoms with Gasteiger partial charge < -0.3 is 25.7 Å². The highest BCUT2D eigenvalue weighted by atomic mass is 79.9. The van der Waals surface area contributed by atoms with E-state index in [-0.39, 0.29) is 6.03 Å². The molecule has 0 fully saturated rings. The number of para-hydroxylation sites is 2. The summed E-state index contributed by atoms with van der Waals surface area (Å²) in [4.78, 5) is 21.5. The molecule has 9 heteroatoms. The van der Waals surface area contributed by atoms with Gasteiger partial charge in [-0.2, -0.15) is 0 Å². The molecule has 4 aromatic rings. The number of benzene rings is 2. The molecule has 33 heavy (non-hydrogen) atoms. The van der Waals surface area contributed by atoms with Gasteiger partial charge >= 0.3 is 6.03 Å². The predicted octanol–water partition coefficient (Wildman–Crippen LogP) is 4.72. The van der Waals surface area contributed by atoms with Gasteiger partial charge in [-0.05, 0) is 47.0 Å². The van der Waals surface area contributed by atoms with Crippen LogP contribution in [0.1, 0.15) is 18.7 Å². The Bertz CT molecular complexity index is 1270. The van der Waals surface area contributed by atoms with Crippen molar-refractivity contribution in [2.24, 2.45) is 0 Å². The van der Waals surface area contributed by atoms with Crippen molar-refractivity contribution in [1.82, 2.24) is 19.9 Å². The summed E-state index contributed by atoms with van der Waals surface area (Å²) in [5.41, 5.74) is 9.56. The Labute approximate surface area is 200 Å². The fourth-order valence-corrected chi connectivity index (χ4v) is 4.24. The first-order chi connectivity index (χ1) is 16.1. The van der Waals surface area contributed by atoms with Gasteiger partial charge in [0.05, 0.1) is 23.3 Å². The normalized spacial score (nSPS) is 11.2. The number of nitrogens with one attached hydrogen (secondary N) is 2. The van der Waals surface area contributed by atoms with Gasteiger partial charge in [0.25, 0.3) is 0 Å². The van der Waals surface area contributed by atoms with Crippen LogP contribution in [-0.2, 0) is 17.7 Å². The Morgan fingerprint density at radius 2 is 1.91 bits per heavy atom. The summed E-state index contributed by atoms with van der Waals surface area (Å²) in [6.45, 7) is 1.91. The molecule has 4 rings (SSSR count). The molecule has 0 atom stereocenters. The Kier molecular flexibility index (Phi) is 7.41. The van der Waals surface area contributed by atoms with Gasteiger partial charge in [-0.1, -0.05) is 30.3 Å². The van der Waals surface area contributed by atoms with Crippen LogP contribution >= 0.6 is 15.9 Å². The van der Waals surface area contributed by atoms with E-state index >= 15 is 0 Å². The van der Waals surface area contributed by atoms with Crippen molar-refractivity contribution in [3.63, 3.8) is 0 Å². The number of pyridine rings is 1. The highest BCUT2D eigenvalue weighted by molar-refractivity contribution is 9.10. The van der Waals surface area contributed by atoms with Crippen LogP contribution in [0.15, 0.2) is 53.0 Å². The number of unbranched alkanes of at least 4 members (excludes halogenated alkanes) is 1. The quantitative estimate of drug-likeness (QED) is 0.282. The molecule has 0 aliphatic carbocycles. The number of aromatic nitrogens is 3. The molecular weight excluding hydrogens is 484 g/mol. The topological polar surface area (TPSA) is 107 Å². The van der Waals surface area contributed by atoms with Gasteiger partial charge in [0.15, 0.2) is 5.82 Å². The van der Waals surface area contributed by atoms with E-state index in [1.165, 1.54) is 0 Å². The van der Waals surface area contributed by atoms with Gasteiger partial charge in [0.2, 0.25) is 0 Å². The Balaban J connectivity index is 1.44. The Morgan fingerprint density at radius 3 is 2.73 bits per heavy atom. The third kappa shape index (κ3) is 5.26. The zero-order valence-electron chi connectivity index (χ0n) is 18.5. The molecule has 0 saturated carbocycles. The van der Waals surface area contributed by atoms with Crippen molar-refractivity contribution in [2.45, 2.75) is 25.8 Å². The molecule has 0 radical (unpaired) electrons. The number of fused-ring (bicyclic) bond motifs is 3. The zero-order chi connectivity index (χ0) is 23.2. The molecule has 2 amide bonds. The third-order valence-corrected chi connectivity index (χ3v) is 6.13. The number of imidazole rings is 1. The van der Waals surface area contributed by atoms with Gasteiger partial charge in [-0.15, -0.1) is 0 Å². The van der Waals surface area contributed by atoms with E-state index in [2.05, 4.69) is 42.2 Å². The number of carbonyl (C=O) groups is 1. The molecule has 0 aliphatic heterocycles. The molecule has 4 N–H and O–H groups in total. The second-order valence-corrected chi connectivity index (χ2v) is 8.56. The van der Waals surface area contributed by atoms with Crippen LogP contribution in [-0.4, -0.2) is 40.8 Å². The predicted molar refractivity (Wildman–Crippen MR) is 135 cm³/mol. The van der Waals surface area contributed by atoms with Crippen LogP contribution < -0.4 is 16.4 Å². The van der Waals surface area contributed by atoms with E-state index in [1.54, 1.807) is 7.11 Å². The van der Waals surface area contributed by atoms with Crippen molar-refractivity contribution in [3.8, 4) is 0 Å². The number of rotatable bonds is 9. The van der Waals surface area contributed by atoms with Gasteiger partial charge in [-0.3, -0.25) is 0 Å². The summed E-state index contributed by atoms with van der Waals surface area (Å²) in [5.74, 6) is 1.36. The molecule has 172 valence electrons. The summed E-state index contributed by atoms with van der Waals surface area (Å²) in [5, 5.41) is 6.80. The summed E-state index contributed by atoms with van der Waals surface area (Å²) in [7, 11) is 1.68. The molecule has 0 bridgehead atoms. The number of hydrogen-bond donors (Lipinski definition) is 3. The maximum Gasteiger partial charge on any atom is 0.319 e. The van der Waals surface area contributed by atoms with E-state index in [0.717, 1.165) is 57.3 Å².